The maximum atomic E-state index is 11.7. The Hall–Kier alpha value is -0.610. The summed E-state index contributed by atoms with van der Waals surface area (Å²) < 4.78 is 0. The van der Waals surface area contributed by atoms with Crippen LogP contribution in [-0.2, 0) is 4.79 Å². The van der Waals surface area contributed by atoms with Gasteiger partial charge in [-0.25, -0.2) is 0 Å². The van der Waals surface area contributed by atoms with E-state index in [1.54, 1.807) is 0 Å². The van der Waals surface area contributed by atoms with Crippen molar-refractivity contribution in [2.75, 3.05) is 19.7 Å². The van der Waals surface area contributed by atoms with E-state index in [4.69, 9.17) is 5.11 Å². The van der Waals surface area contributed by atoms with Crippen LogP contribution in [0.5, 0.6) is 0 Å². The third-order valence-electron chi connectivity index (χ3n) is 3.68. The SMILES string of the molecule is CC(C)(CCO)CNC(=O)CCC1CCCCN1. The van der Waals surface area contributed by atoms with Gasteiger partial charge < -0.3 is 15.7 Å². The van der Waals surface area contributed by atoms with Crippen LogP contribution in [0.15, 0.2) is 0 Å². The number of hydrogen-bond acceptors (Lipinski definition) is 3. The first-order valence-corrected chi connectivity index (χ1v) is 7.14. The minimum atomic E-state index is -0.0203. The molecule has 18 heavy (non-hydrogen) atoms. The van der Waals surface area contributed by atoms with Crippen LogP contribution >= 0.6 is 0 Å². The molecule has 0 saturated carbocycles. The summed E-state index contributed by atoms with van der Waals surface area (Å²) in [6.07, 6.45) is 6.00. The lowest BCUT2D eigenvalue weighted by Crippen LogP contribution is -2.37. The Labute approximate surface area is 111 Å². The number of aliphatic hydroxyl groups is 1. The second-order valence-electron chi connectivity index (χ2n) is 6.10. The molecule has 0 aromatic heterocycles. The van der Waals surface area contributed by atoms with Crippen molar-refractivity contribution in [2.45, 2.75) is 58.4 Å². The van der Waals surface area contributed by atoms with Crippen LogP contribution in [0, 0.1) is 5.41 Å². The predicted octanol–water partition coefficient (Wildman–Crippen LogP) is 1.43. The van der Waals surface area contributed by atoms with E-state index < -0.39 is 0 Å². The van der Waals surface area contributed by atoms with Gasteiger partial charge in [-0.1, -0.05) is 20.3 Å². The molecule has 0 spiro atoms. The van der Waals surface area contributed by atoms with E-state index >= 15 is 0 Å². The van der Waals surface area contributed by atoms with Gasteiger partial charge in [0.1, 0.15) is 0 Å². The van der Waals surface area contributed by atoms with Crippen LogP contribution in [0.1, 0.15) is 52.4 Å². The zero-order chi connectivity index (χ0) is 13.4. The number of aliphatic hydroxyl groups excluding tert-OH is 1. The zero-order valence-electron chi connectivity index (χ0n) is 11.8. The topological polar surface area (TPSA) is 61.4 Å². The summed E-state index contributed by atoms with van der Waals surface area (Å²) in [7, 11) is 0. The second-order valence-corrected chi connectivity index (χ2v) is 6.10. The van der Waals surface area contributed by atoms with E-state index in [-0.39, 0.29) is 17.9 Å². The molecule has 0 radical (unpaired) electrons. The lowest BCUT2D eigenvalue weighted by atomic mass is 9.89. The Morgan fingerprint density at radius 2 is 2.22 bits per heavy atom. The first-order chi connectivity index (χ1) is 8.53. The quantitative estimate of drug-likeness (QED) is 0.646. The summed E-state index contributed by atoms with van der Waals surface area (Å²) in [6, 6.07) is 0.523. The maximum absolute atomic E-state index is 11.7. The third-order valence-corrected chi connectivity index (χ3v) is 3.68. The van der Waals surface area contributed by atoms with Gasteiger partial charge in [-0.3, -0.25) is 4.79 Å². The predicted molar refractivity (Wildman–Crippen MR) is 73.4 cm³/mol. The third kappa shape index (κ3) is 6.36. The van der Waals surface area contributed by atoms with Gasteiger partial charge in [0.05, 0.1) is 0 Å². The summed E-state index contributed by atoms with van der Waals surface area (Å²) in [5, 5.41) is 15.3. The molecular formula is C14H28N2O2. The van der Waals surface area contributed by atoms with Crippen LogP contribution < -0.4 is 10.6 Å². The molecule has 0 aliphatic carbocycles. The monoisotopic (exact) mass is 256 g/mol. The van der Waals surface area contributed by atoms with Crippen molar-refractivity contribution in [2.24, 2.45) is 5.41 Å². The maximum Gasteiger partial charge on any atom is 0.220 e. The van der Waals surface area contributed by atoms with Crippen LogP contribution in [0.25, 0.3) is 0 Å². The largest absolute Gasteiger partial charge is 0.396 e. The average Bonchev–Trinajstić information content (AvgIpc) is 2.35. The fourth-order valence-corrected chi connectivity index (χ4v) is 2.29. The van der Waals surface area contributed by atoms with Crippen molar-refractivity contribution in [3.05, 3.63) is 0 Å². The summed E-state index contributed by atoms with van der Waals surface area (Å²) in [6.45, 7) is 6.04. The highest BCUT2D eigenvalue weighted by atomic mass is 16.3. The van der Waals surface area contributed by atoms with Crippen LogP contribution in [0.2, 0.25) is 0 Å². The van der Waals surface area contributed by atoms with Crippen LogP contribution in [0.3, 0.4) is 0 Å². The molecule has 1 atom stereocenters. The highest BCUT2D eigenvalue weighted by molar-refractivity contribution is 5.75. The van der Waals surface area contributed by atoms with Crippen molar-refractivity contribution in [1.29, 1.82) is 0 Å². The minimum Gasteiger partial charge on any atom is -0.396 e. The summed E-state index contributed by atoms with van der Waals surface area (Å²) >= 11 is 0. The Morgan fingerprint density at radius 1 is 1.44 bits per heavy atom. The van der Waals surface area contributed by atoms with Gasteiger partial charge in [-0.05, 0) is 37.6 Å². The van der Waals surface area contributed by atoms with Gasteiger partial charge in [0.25, 0.3) is 0 Å². The molecule has 1 saturated heterocycles. The normalized spacial score (nSPS) is 20.7. The highest BCUT2D eigenvalue weighted by Crippen LogP contribution is 2.18. The molecule has 0 aromatic carbocycles. The van der Waals surface area contributed by atoms with Gasteiger partial charge in [0, 0.05) is 25.6 Å². The Kier molecular flexibility index (Phi) is 6.65. The molecule has 4 heteroatoms. The first-order valence-electron chi connectivity index (χ1n) is 7.14. The molecular weight excluding hydrogens is 228 g/mol. The standard InChI is InChI=1S/C14H28N2O2/c1-14(2,8-10-17)11-16-13(18)7-6-12-5-3-4-9-15-12/h12,15,17H,3-11H2,1-2H3,(H,16,18). The second kappa shape index (κ2) is 7.74. The van der Waals surface area contributed by atoms with Crippen molar-refractivity contribution in [3.63, 3.8) is 0 Å². The number of hydrogen-bond donors (Lipinski definition) is 3. The average molecular weight is 256 g/mol. The van der Waals surface area contributed by atoms with Crippen molar-refractivity contribution >= 4 is 5.91 Å². The molecule has 1 amide bonds. The Bertz CT molecular complexity index is 248. The molecule has 1 aliphatic heterocycles. The van der Waals surface area contributed by atoms with Gasteiger partial charge in [0.2, 0.25) is 5.91 Å². The molecule has 1 fully saturated rings. The molecule has 1 rings (SSSR count). The Morgan fingerprint density at radius 3 is 2.83 bits per heavy atom. The van der Waals surface area contributed by atoms with Crippen LogP contribution in [-0.4, -0.2) is 36.8 Å². The Balaban J connectivity index is 2.13. The van der Waals surface area contributed by atoms with Crippen molar-refractivity contribution < 1.29 is 9.90 Å². The van der Waals surface area contributed by atoms with Gasteiger partial charge in [-0.2, -0.15) is 0 Å². The van der Waals surface area contributed by atoms with E-state index in [9.17, 15) is 4.79 Å². The van der Waals surface area contributed by atoms with Crippen molar-refractivity contribution in [3.8, 4) is 0 Å². The number of amides is 1. The molecule has 1 heterocycles. The summed E-state index contributed by atoms with van der Waals surface area (Å²) in [5.74, 6) is 0.133. The van der Waals surface area contributed by atoms with E-state index in [0.717, 1.165) is 19.4 Å². The van der Waals surface area contributed by atoms with Gasteiger partial charge in [-0.15, -0.1) is 0 Å². The van der Waals surface area contributed by atoms with E-state index in [2.05, 4.69) is 24.5 Å². The minimum absolute atomic E-state index is 0.0203. The van der Waals surface area contributed by atoms with E-state index in [1.807, 2.05) is 0 Å². The van der Waals surface area contributed by atoms with Crippen molar-refractivity contribution in [1.82, 2.24) is 10.6 Å². The molecule has 0 aromatic rings. The molecule has 106 valence electrons. The van der Waals surface area contributed by atoms with Gasteiger partial charge in [0.15, 0.2) is 0 Å². The number of nitrogens with one attached hydrogen (secondary N) is 2. The summed E-state index contributed by atoms with van der Waals surface area (Å²) in [4.78, 5) is 11.7. The van der Waals surface area contributed by atoms with Gasteiger partial charge >= 0.3 is 0 Å². The molecule has 0 bridgehead atoms. The molecule has 4 nitrogen and oxygen atoms in total. The fraction of sp³-hybridized carbons (Fsp3) is 0.929. The lowest BCUT2D eigenvalue weighted by molar-refractivity contribution is -0.121. The molecule has 1 unspecified atom stereocenters. The fourth-order valence-electron chi connectivity index (χ4n) is 2.29. The highest BCUT2D eigenvalue weighted by Gasteiger charge is 2.19. The number of piperidine rings is 1. The zero-order valence-corrected chi connectivity index (χ0v) is 11.8. The molecule has 1 aliphatic rings. The summed E-state index contributed by atoms with van der Waals surface area (Å²) in [5.41, 5.74) is -0.0203. The lowest BCUT2D eigenvalue weighted by Gasteiger charge is -2.25. The van der Waals surface area contributed by atoms with E-state index in [1.165, 1.54) is 19.3 Å². The van der Waals surface area contributed by atoms with Crippen LogP contribution in [0.4, 0.5) is 0 Å². The first kappa shape index (κ1) is 15.4. The molecule has 3 N–H and O–H groups in total. The number of rotatable bonds is 7. The van der Waals surface area contributed by atoms with E-state index in [0.29, 0.717) is 19.0 Å². The number of carbonyl (C=O) groups excluding carboxylic acids is 1. The number of carbonyl (C=O) groups is 1. The smallest absolute Gasteiger partial charge is 0.220 e.